The number of hydrogen-bond acceptors (Lipinski definition) is 4. The van der Waals surface area contributed by atoms with Crippen LogP contribution in [0.25, 0.3) is 0 Å². The van der Waals surface area contributed by atoms with Gasteiger partial charge in [-0.2, -0.15) is 0 Å². The van der Waals surface area contributed by atoms with Crippen LogP contribution in [0.4, 0.5) is 5.69 Å². The third kappa shape index (κ3) is 5.67. The first-order valence-corrected chi connectivity index (χ1v) is 8.45. The molecule has 2 N–H and O–H groups in total. The van der Waals surface area contributed by atoms with E-state index in [9.17, 15) is 9.59 Å². The molecule has 0 saturated carbocycles. The van der Waals surface area contributed by atoms with Crippen molar-refractivity contribution >= 4 is 17.5 Å². The van der Waals surface area contributed by atoms with Crippen LogP contribution in [-0.4, -0.2) is 16.8 Å². The Morgan fingerprint density at radius 3 is 2.22 bits per heavy atom. The monoisotopic (exact) mass is 361 g/mol. The van der Waals surface area contributed by atoms with Gasteiger partial charge >= 0.3 is 11.8 Å². The van der Waals surface area contributed by atoms with Gasteiger partial charge in [-0.15, -0.1) is 0 Å². The molecule has 1 heterocycles. The fourth-order valence-corrected chi connectivity index (χ4v) is 2.33. The zero-order valence-corrected chi connectivity index (χ0v) is 14.6. The average molecular weight is 361 g/mol. The summed E-state index contributed by atoms with van der Waals surface area (Å²) in [6.07, 6.45) is 3.26. The minimum atomic E-state index is -0.720. The van der Waals surface area contributed by atoms with Gasteiger partial charge in [-0.05, 0) is 47.5 Å². The quantitative estimate of drug-likeness (QED) is 0.662. The number of nitrogens with one attached hydrogen (secondary N) is 2. The molecule has 3 rings (SSSR count). The Kier molecular flexibility index (Phi) is 6.14. The summed E-state index contributed by atoms with van der Waals surface area (Å²) >= 11 is 0. The summed E-state index contributed by atoms with van der Waals surface area (Å²) in [5, 5.41) is 5.13. The molecule has 3 aromatic rings. The van der Waals surface area contributed by atoms with Crippen LogP contribution < -0.4 is 15.4 Å². The van der Waals surface area contributed by atoms with Gasteiger partial charge in [-0.1, -0.05) is 30.3 Å². The molecular weight excluding hydrogens is 342 g/mol. The molecule has 0 saturated heterocycles. The van der Waals surface area contributed by atoms with Crippen molar-refractivity contribution in [1.82, 2.24) is 10.3 Å². The number of carbonyl (C=O) groups is 2. The predicted octanol–water partition coefficient (Wildman–Crippen LogP) is 2.92. The van der Waals surface area contributed by atoms with Crippen molar-refractivity contribution in [1.29, 1.82) is 0 Å². The van der Waals surface area contributed by atoms with Gasteiger partial charge in [0.25, 0.3) is 0 Å². The summed E-state index contributed by atoms with van der Waals surface area (Å²) in [5.74, 6) is -0.739. The standard InChI is InChI=1S/C21H19N3O3/c25-20(23-14-16-10-12-22-13-11-16)21(26)24-18-6-8-19(9-7-18)27-15-17-4-2-1-3-5-17/h1-13H,14-15H2,(H,23,25)(H,24,26). The van der Waals surface area contributed by atoms with E-state index in [0.29, 0.717) is 18.0 Å². The van der Waals surface area contributed by atoms with Crippen LogP contribution in [0.2, 0.25) is 0 Å². The van der Waals surface area contributed by atoms with E-state index in [1.165, 1.54) is 0 Å². The number of amides is 2. The Morgan fingerprint density at radius 2 is 1.52 bits per heavy atom. The zero-order valence-electron chi connectivity index (χ0n) is 14.6. The van der Waals surface area contributed by atoms with E-state index in [1.54, 1.807) is 48.8 Å². The lowest BCUT2D eigenvalue weighted by atomic mass is 10.2. The fourth-order valence-electron chi connectivity index (χ4n) is 2.33. The third-order valence-corrected chi connectivity index (χ3v) is 3.77. The smallest absolute Gasteiger partial charge is 0.313 e. The van der Waals surface area contributed by atoms with Gasteiger partial charge in [-0.25, -0.2) is 0 Å². The number of benzene rings is 2. The molecule has 0 aliphatic rings. The van der Waals surface area contributed by atoms with E-state index < -0.39 is 11.8 Å². The SMILES string of the molecule is O=C(NCc1ccncc1)C(=O)Nc1ccc(OCc2ccccc2)cc1. The molecule has 136 valence electrons. The molecule has 0 radical (unpaired) electrons. The Bertz CT molecular complexity index is 882. The number of aromatic nitrogens is 1. The number of pyridine rings is 1. The largest absolute Gasteiger partial charge is 0.489 e. The number of ether oxygens (including phenoxy) is 1. The van der Waals surface area contributed by atoms with Crippen molar-refractivity contribution in [2.24, 2.45) is 0 Å². The van der Waals surface area contributed by atoms with Gasteiger partial charge in [0.05, 0.1) is 0 Å². The number of hydrogen-bond donors (Lipinski definition) is 2. The highest BCUT2D eigenvalue weighted by Gasteiger charge is 2.13. The van der Waals surface area contributed by atoms with Crippen LogP contribution in [0, 0.1) is 0 Å². The maximum Gasteiger partial charge on any atom is 0.313 e. The van der Waals surface area contributed by atoms with E-state index in [4.69, 9.17) is 4.74 Å². The molecule has 6 nitrogen and oxygen atoms in total. The molecule has 0 atom stereocenters. The van der Waals surface area contributed by atoms with Crippen LogP contribution >= 0.6 is 0 Å². The zero-order chi connectivity index (χ0) is 18.9. The van der Waals surface area contributed by atoms with Gasteiger partial charge in [0.1, 0.15) is 12.4 Å². The second-order valence-electron chi connectivity index (χ2n) is 5.79. The predicted molar refractivity (Wildman–Crippen MR) is 102 cm³/mol. The van der Waals surface area contributed by atoms with Crippen molar-refractivity contribution in [3.63, 3.8) is 0 Å². The molecule has 2 aromatic carbocycles. The second kappa shape index (κ2) is 9.15. The minimum absolute atomic E-state index is 0.265. The van der Waals surface area contributed by atoms with Crippen LogP contribution in [0.15, 0.2) is 79.1 Å². The van der Waals surface area contributed by atoms with Crippen molar-refractivity contribution in [3.05, 3.63) is 90.3 Å². The van der Waals surface area contributed by atoms with Gasteiger partial charge in [0, 0.05) is 24.6 Å². The maximum atomic E-state index is 12.0. The number of anilines is 1. The van der Waals surface area contributed by atoms with E-state index >= 15 is 0 Å². The first kappa shape index (κ1) is 18.1. The van der Waals surface area contributed by atoms with Crippen LogP contribution in [0.5, 0.6) is 5.75 Å². The molecular formula is C21H19N3O3. The van der Waals surface area contributed by atoms with E-state index in [0.717, 1.165) is 11.1 Å². The van der Waals surface area contributed by atoms with E-state index in [-0.39, 0.29) is 6.54 Å². The highest BCUT2D eigenvalue weighted by molar-refractivity contribution is 6.39. The molecule has 2 amide bonds. The van der Waals surface area contributed by atoms with E-state index in [2.05, 4.69) is 15.6 Å². The Morgan fingerprint density at radius 1 is 0.815 bits per heavy atom. The van der Waals surface area contributed by atoms with Crippen LogP contribution in [0.1, 0.15) is 11.1 Å². The molecule has 0 unspecified atom stereocenters. The van der Waals surface area contributed by atoms with Crippen LogP contribution in [-0.2, 0) is 22.7 Å². The molecule has 27 heavy (non-hydrogen) atoms. The highest BCUT2D eigenvalue weighted by Crippen LogP contribution is 2.17. The maximum absolute atomic E-state index is 12.0. The summed E-state index contributed by atoms with van der Waals surface area (Å²) in [5.41, 5.74) is 2.46. The van der Waals surface area contributed by atoms with Crippen LogP contribution in [0.3, 0.4) is 0 Å². The first-order valence-electron chi connectivity index (χ1n) is 8.45. The Hall–Kier alpha value is -3.67. The van der Waals surface area contributed by atoms with E-state index in [1.807, 2.05) is 30.3 Å². The lowest BCUT2D eigenvalue weighted by Crippen LogP contribution is -2.34. The summed E-state index contributed by atoms with van der Waals surface area (Å²) < 4.78 is 5.69. The van der Waals surface area contributed by atoms with Gasteiger partial charge in [0.2, 0.25) is 0 Å². The molecule has 0 spiro atoms. The van der Waals surface area contributed by atoms with Gasteiger partial charge in [-0.3, -0.25) is 14.6 Å². The highest BCUT2D eigenvalue weighted by atomic mass is 16.5. The minimum Gasteiger partial charge on any atom is -0.489 e. The molecule has 0 aliphatic carbocycles. The summed E-state index contributed by atoms with van der Waals surface area (Å²) in [7, 11) is 0. The lowest BCUT2D eigenvalue weighted by molar-refractivity contribution is -0.136. The number of nitrogens with zero attached hydrogens (tertiary/aromatic N) is 1. The molecule has 0 aliphatic heterocycles. The third-order valence-electron chi connectivity index (χ3n) is 3.77. The summed E-state index contributed by atoms with van der Waals surface area (Å²) in [4.78, 5) is 27.7. The fraction of sp³-hybridized carbons (Fsp3) is 0.0952. The average Bonchev–Trinajstić information content (AvgIpc) is 2.73. The number of rotatable bonds is 6. The number of carbonyl (C=O) groups excluding carboxylic acids is 2. The second-order valence-corrected chi connectivity index (χ2v) is 5.79. The van der Waals surface area contributed by atoms with Crippen molar-refractivity contribution in [2.45, 2.75) is 13.2 Å². The summed E-state index contributed by atoms with van der Waals surface area (Å²) in [6, 6.07) is 20.2. The van der Waals surface area contributed by atoms with Gasteiger partial charge < -0.3 is 15.4 Å². The molecule has 6 heteroatoms. The van der Waals surface area contributed by atoms with Crippen molar-refractivity contribution in [2.75, 3.05) is 5.32 Å². The molecule has 0 fully saturated rings. The Labute approximate surface area is 157 Å². The molecule has 0 bridgehead atoms. The van der Waals surface area contributed by atoms with Crippen molar-refractivity contribution < 1.29 is 14.3 Å². The summed E-state index contributed by atoms with van der Waals surface area (Å²) in [6.45, 7) is 0.727. The Balaban J connectivity index is 1.47. The van der Waals surface area contributed by atoms with Crippen molar-refractivity contribution in [3.8, 4) is 5.75 Å². The molecule has 1 aromatic heterocycles. The lowest BCUT2D eigenvalue weighted by Gasteiger charge is -2.09. The normalized spacial score (nSPS) is 10.1. The topological polar surface area (TPSA) is 80.3 Å². The van der Waals surface area contributed by atoms with Gasteiger partial charge in [0.15, 0.2) is 0 Å². The first-order chi connectivity index (χ1) is 13.2.